The Kier molecular flexibility index (Phi) is 6.86. The lowest BCUT2D eigenvalue weighted by Gasteiger charge is -2.08. The van der Waals surface area contributed by atoms with E-state index in [2.05, 4.69) is 10.6 Å². The second-order valence-corrected chi connectivity index (χ2v) is 5.11. The lowest BCUT2D eigenvalue weighted by molar-refractivity contribution is -0.384. The molecule has 7 heteroatoms. The first-order chi connectivity index (χ1) is 9.60. The molecule has 0 fully saturated rings. The Hall–Kier alpha value is -1.76. The molecule has 2 N–H and O–H groups in total. The smallest absolute Gasteiger partial charge is 0.292 e. The van der Waals surface area contributed by atoms with Crippen LogP contribution in [0.3, 0.4) is 0 Å². The highest BCUT2D eigenvalue weighted by Gasteiger charge is 2.16. The van der Waals surface area contributed by atoms with E-state index in [4.69, 9.17) is 0 Å². The van der Waals surface area contributed by atoms with Crippen LogP contribution in [0, 0.1) is 10.1 Å². The average molecular weight is 297 g/mol. The van der Waals surface area contributed by atoms with Crippen LogP contribution in [0.5, 0.6) is 0 Å². The number of nitro benzene ring substituents is 1. The zero-order valence-corrected chi connectivity index (χ0v) is 12.5. The molecule has 1 rings (SSSR count). The van der Waals surface area contributed by atoms with Crippen LogP contribution in [0.4, 0.5) is 11.4 Å². The summed E-state index contributed by atoms with van der Waals surface area (Å²) < 4.78 is 0. The second-order valence-electron chi connectivity index (χ2n) is 4.12. The lowest BCUT2D eigenvalue weighted by atomic mass is 10.1. The predicted octanol–water partition coefficient (Wildman–Crippen LogP) is 2.51. The summed E-state index contributed by atoms with van der Waals surface area (Å²) >= 11 is 1.73. The summed E-state index contributed by atoms with van der Waals surface area (Å²) in [4.78, 5) is 22.4. The maximum Gasteiger partial charge on any atom is 0.292 e. The fourth-order valence-electron chi connectivity index (χ4n) is 1.69. The first-order valence-electron chi connectivity index (χ1n) is 6.39. The minimum absolute atomic E-state index is 0.0224. The molecule has 20 heavy (non-hydrogen) atoms. The Balaban J connectivity index is 2.77. The van der Waals surface area contributed by atoms with Crippen LogP contribution < -0.4 is 10.6 Å². The van der Waals surface area contributed by atoms with Gasteiger partial charge in [-0.2, -0.15) is 11.8 Å². The normalized spacial score (nSPS) is 10.1. The maximum atomic E-state index is 11.9. The molecule has 0 unspecified atom stereocenters. The molecule has 0 radical (unpaired) electrons. The topological polar surface area (TPSA) is 84.3 Å². The largest absolute Gasteiger partial charge is 0.380 e. The van der Waals surface area contributed by atoms with Crippen LogP contribution in [-0.2, 0) is 0 Å². The van der Waals surface area contributed by atoms with Gasteiger partial charge < -0.3 is 10.6 Å². The van der Waals surface area contributed by atoms with Crippen LogP contribution in [0.25, 0.3) is 0 Å². The third kappa shape index (κ3) is 4.73. The van der Waals surface area contributed by atoms with E-state index in [0.29, 0.717) is 24.3 Å². The molecule has 0 aliphatic carbocycles. The number of nitrogens with zero attached hydrogens (tertiary/aromatic N) is 1. The van der Waals surface area contributed by atoms with Crippen molar-refractivity contribution >= 4 is 29.0 Å². The summed E-state index contributed by atoms with van der Waals surface area (Å²) in [6.07, 6.45) is 2.92. The number of carbonyl (C=O) groups excluding carboxylic acids is 1. The van der Waals surface area contributed by atoms with Crippen LogP contribution in [-0.4, -0.2) is 35.9 Å². The Morgan fingerprint density at radius 1 is 1.45 bits per heavy atom. The molecule has 0 bridgehead atoms. The van der Waals surface area contributed by atoms with Gasteiger partial charge in [0.1, 0.15) is 5.69 Å². The molecular weight excluding hydrogens is 278 g/mol. The minimum atomic E-state index is -0.460. The Morgan fingerprint density at radius 2 is 2.20 bits per heavy atom. The first kappa shape index (κ1) is 16.3. The van der Waals surface area contributed by atoms with E-state index >= 15 is 0 Å². The van der Waals surface area contributed by atoms with Crippen molar-refractivity contribution in [3.8, 4) is 0 Å². The van der Waals surface area contributed by atoms with Gasteiger partial charge in [0.25, 0.3) is 11.6 Å². The molecule has 0 aromatic heterocycles. The molecule has 0 aliphatic heterocycles. The molecular formula is C13H19N3O3S. The lowest BCUT2D eigenvalue weighted by Crippen LogP contribution is -2.24. The Morgan fingerprint density at radius 3 is 2.80 bits per heavy atom. The number of nitro groups is 1. The molecule has 110 valence electrons. The van der Waals surface area contributed by atoms with Crippen LogP contribution in [0.2, 0.25) is 0 Å². The molecule has 6 nitrogen and oxygen atoms in total. The number of hydrogen-bond donors (Lipinski definition) is 2. The van der Waals surface area contributed by atoms with Crippen molar-refractivity contribution in [2.24, 2.45) is 0 Å². The Labute approximate surface area is 122 Å². The standard InChI is InChI=1S/C13H19N3O3S/c1-3-14-11-9-10(5-6-12(11)16(18)19)13(17)15-7-4-8-20-2/h5-6,9,14H,3-4,7-8H2,1-2H3,(H,15,17). The average Bonchev–Trinajstić information content (AvgIpc) is 2.43. The van der Waals surface area contributed by atoms with Gasteiger partial charge in [0.05, 0.1) is 4.92 Å². The zero-order valence-electron chi connectivity index (χ0n) is 11.6. The number of thioether (sulfide) groups is 1. The quantitative estimate of drug-likeness (QED) is 0.437. The van der Waals surface area contributed by atoms with E-state index in [1.165, 1.54) is 18.2 Å². The number of anilines is 1. The fourth-order valence-corrected chi connectivity index (χ4v) is 2.12. The summed E-state index contributed by atoms with van der Waals surface area (Å²) in [5.74, 6) is 0.781. The third-order valence-electron chi connectivity index (χ3n) is 2.63. The number of hydrogen-bond acceptors (Lipinski definition) is 5. The van der Waals surface area contributed by atoms with Crippen molar-refractivity contribution in [1.82, 2.24) is 5.32 Å². The molecule has 1 amide bonds. The van der Waals surface area contributed by atoms with E-state index in [0.717, 1.165) is 12.2 Å². The number of amides is 1. The molecule has 0 heterocycles. The Bertz CT molecular complexity index is 480. The highest BCUT2D eigenvalue weighted by atomic mass is 32.2. The molecule has 0 atom stereocenters. The van der Waals surface area contributed by atoms with Crippen LogP contribution >= 0.6 is 11.8 Å². The summed E-state index contributed by atoms with van der Waals surface area (Å²) in [6.45, 7) is 3.01. The maximum absolute atomic E-state index is 11.9. The van der Waals surface area contributed by atoms with Crippen LogP contribution in [0.15, 0.2) is 18.2 Å². The van der Waals surface area contributed by atoms with Crippen LogP contribution in [0.1, 0.15) is 23.7 Å². The van der Waals surface area contributed by atoms with E-state index in [-0.39, 0.29) is 11.6 Å². The van der Waals surface area contributed by atoms with Gasteiger partial charge in [-0.3, -0.25) is 14.9 Å². The van der Waals surface area contributed by atoms with Crippen molar-refractivity contribution in [2.75, 3.05) is 30.4 Å². The molecule has 1 aromatic carbocycles. The zero-order chi connectivity index (χ0) is 15.0. The van der Waals surface area contributed by atoms with Crippen molar-refractivity contribution in [2.45, 2.75) is 13.3 Å². The van der Waals surface area contributed by atoms with Gasteiger partial charge in [-0.15, -0.1) is 0 Å². The third-order valence-corrected chi connectivity index (χ3v) is 3.33. The van der Waals surface area contributed by atoms with Gasteiger partial charge in [0.15, 0.2) is 0 Å². The molecule has 0 saturated carbocycles. The summed E-state index contributed by atoms with van der Waals surface area (Å²) in [5, 5.41) is 16.6. The molecule has 0 spiro atoms. The summed E-state index contributed by atoms with van der Waals surface area (Å²) in [6, 6.07) is 4.35. The van der Waals surface area contributed by atoms with Crippen molar-refractivity contribution in [1.29, 1.82) is 0 Å². The van der Waals surface area contributed by atoms with Gasteiger partial charge >= 0.3 is 0 Å². The van der Waals surface area contributed by atoms with Gasteiger partial charge in [-0.05, 0) is 37.5 Å². The molecule has 0 aliphatic rings. The monoisotopic (exact) mass is 297 g/mol. The fraction of sp³-hybridized carbons (Fsp3) is 0.462. The number of nitrogens with one attached hydrogen (secondary N) is 2. The van der Waals surface area contributed by atoms with Crippen molar-refractivity contribution < 1.29 is 9.72 Å². The highest BCUT2D eigenvalue weighted by molar-refractivity contribution is 7.98. The summed E-state index contributed by atoms with van der Waals surface area (Å²) in [7, 11) is 0. The van der Waals surface area contributed by atoms with E-state index in [1.54, 1.807) is 11.8 Å². The first-order valence-corrected chi connectivity index (χ1v) is 7.79. The van der Waals surface area contributed by atoms with Gasteiger partial charge in [-0.1, -0.05) is 0 Å². The van der Waals surface area contributed by atoms with E-state index < -0.39 is 4.92 Å². The SMILES string of the molecule is CCNc1cc(C(=O)NCCCSC)ccc1[N+](=O)[O-]. The number of carbonyl (C=O) groups is 1. The van der Waals surface area contributed by atoms with Crippen molar-refractivity contribution in [3.63, 3.8) is 0 Å². The van der Waals surface area contributed by atoms with Gasteiger partial charge in [0.2, 0.25) is 0 Å². The number of rotatable bonds is 8. The predicted molar refractivity (Wildman–Crippen MR) is 82.6 cm³/mol. The van der Waals surface area contributed by atoms with Crippen molar-refractivity contribution in [3.05, 3.63) is 33.9 Å². The van der Waals surface area contributed by atoms with Gasteiger partial charge in [-0.25, -0.2) is 0 Å². The second kappa shape index (κ2) is 8.42. The number of benzene rings is 1. The molecule has 1 aromatic rings. The van der Waals surface area contributed by atoms with E-state index in [9.17, 15) is 14.9 Å². The van der Waals surface area contributed by atoms with E-state index in [1.807, 2.05) is 13.2 Å². The molecule has 0 saturated heterocycles. The van der Waals surface area contributed by atoms with Gasteiger partial charge in [0, 0.05) is 24.7 Å². The summed E-state index contributed by atoms with van der Waals surface area (Å²) in [5.41, 5.74) is 0.774. The minimum Gasteiger partial charge on any atom is -0.380 e. The highest BCUT2D eigenvalue weighted by Crippen LogP contribution is 2.25.